The zero-order valence-corrected chi connectivity index (χ0v) is 12.9. The van der Waals surface area contributed by atoms with Crippen LogP contribution in [0.25, 0.3) is 0 Å². The normalized spacial score (nSPS) is 27.2. The zero-order chi connectivity index (χ0) is 13.9. The molecule has 2 aliphatic rings. The fourth-order valence-electron chi connectivity index (χ4n) is 3.39. The summed E-state index contributed by atoms with van der Waals surface area (Å²) in [7, 11) is 0. The number of nitrogens with one attached hydrogen (secondary N) is 1. The number of rotatable bonds is 3. The summed E-state index contributed by atoms with van der Waals surface area (Å²) < 4.78 is 5.71. The average Bonchev–Trinajstić information content (AvgIpc) is 2.95. The Balaban J connectivity index is 0.00000161. The van der Waals surface area contributed by atoms with E-state index in [0.717, 1.165) is 31.4 Å². The summed E-state index contributed by atoms with van der Waals surface area (Å²) in [6.45, 7) is 1.17. The van der Waals surface area contributed by atoms with Gasteiger partial charge in [0.2, 0.25) is 5.91 Å². The quantitative estimate of drug-likeness (QED) is 0.896. The minimum absolute atomic E-state index is 0. The first-order valence-corrected chi connectivity index (χ1v) is 7.49. The third-order valence-corrected chi connectivity index (χ3v) is 4.52. The number of halogens is 1. The molecule has 0 bridgehead atoms. The van der Waals surface area contributed by atoms with E-state index in [2.05, 4.69) is 11.4 Å². The van der Waals surface area contributed by atoms with Crippen molar-refractivity contribution in [2.45, 2.75) is 31.7 Å². The van der Waals surface area contributed by atoms with Crippen LogP contribution in [0.5, 0.6) is 5.75 Å². The van der Waals surface area contributed by atoms with Crippen LogP contribution >= 0.6 is 12.4 Å². The van der Waals surface area contributed by atoms with Crippen molar-refractivity contribution in [3.8, 4) is 5.75 Å². The molecule has 0 saturated heterocycles. The van der Waals surface area contributed by atoms with E-state index in [1.54, 1.807) is 0 Å². The minimum Gasteiger partial charge on any atom is -0.491 e. The molecule has 3 atom stereocenters. The topological polar surface area (TPSA) is 64.4 Å². The second-order valence-electron chi connectivity index (χ2n) is 5.86. The summed E-state index contributed by atoms with van der Waals surface area (Å²) in [4.78, 5) is 12.4. The van der Waals surface area contributed by atoms with Gasteiger partial charge in [-0.2, -0.15) is 0 Å². The van der Waals surface area contributed by atoms with Crippen molar-refractivity contribution in [1.29, 1.82) is 0 Å². The van der Waals surface area contributed by atoms with Gasteiger partial charge in [-0.1, -0.05) is 24.6 Å². The van der Waals surface area contributed by atoms with Gasteiger partial charge in [-0.05, 0) is 43.4 Å². The maximum absolute atomic E-state index is 12.4. The highest BCUT2D eigenvalue weighted by Gasteiger charge is 2.33. The summed E-state index contributed by atoms with van der Waals surface area (Å²) >= 11 is 0. The highest BCUT2D eigenvalue weighted by Crippen LogP contribution is 2.31. The van der Waals surface area contributed by atoms with E-state index >= 15 is 0 Å². The highest BCUT2D eigenvalue weighted by molar-refractivity contribution is 5.85. The maximum Gasteiger partial charge on any atom is 0.223 e. The summed E-state index contributed by atoms with van der Waals surface area (Å²) in [6.07, 6.45) is 4.02. The van der Waals surface area contributed by atoms with Crippen LogP contribution in [0.15, 0.2) is 24.3 Å². The van der Waals surface area contributed by atoms with Crippen LogP contribution in [0, 0.1) is 11.8 Å². The van der Waals surface area contributed by atoms with Gasteiger partial charge in [-0.15, -0.1) is 12.4 Å². The molecule has 1 amide bonds. The van der Waals surface area contributed by atoms with Crippen molar-refractivity contribution < 1.29 is 9.53 Å². The molecule has 116 valence electrons. The largest absolute Gasteiger partial charge is 0.491 e. The lowest BCUT2D eigenvalue weighted by atomic mass is 9.94. The molecule has 0 aromatic heterocycles. The van der Waals surface area contributed by atoms with E-state index in [9.17, 15) is 4.79 Å². The Kier molecular flexibility index (Phi) is 5.48. The molecular weight excluding hydrogens is 288 g/mol. The number of ether oxygens (including phenoxy) is 1. The monoisotopic (exact) mass is 310 g/mol. The fraction of sp³-hybridized carbons (Fsp3) is 0.562. The van der Waals surface area contributed by atoms with Crippen molar-refractivity contribution in [2.75, 3.05) is 13.2 Å². The molecule has 1 aromatic rings. The van der Waals surface area contributed by atoms with Crippen molar-refractivity contribution in [3.63, 3.8) is 0 Å². The summed E-state index contributed by atoms with van der Waals surface area (Å²) in [5, 5.41) is 3.15. The van der Waals surface area contributed by atoms with E-state index in [0.29, 0.717) is 19.1 Å². The van der Waals surface area contributed by atoms with Crippen LogP contribution in [0.1, 0.15) is 24.8 Å². The van der Waals surface area contributed by atoms with Gasteiger partial charge in [0.25, 0.3) is 0 Å². The Bertz CT molecular complexity index is 495. The fourth-order valence-corrected chi connectivity index (χ4v) is 3.39. The van der Waals surface area contributed by atoms with Crippen molar-refractivity contribution in [1.82, 2.24) is 5.32 Å². The Morgan fingerprint density at radius 1 is 1.33 bits per heavy atom. The van der Waals surface area contributed by atoms with Gasteiger partial charge in [0, 0.05) is 5.92 Å². The first kappa shape index (κ1) is 16.1. The molecule has 1 aliphatic carbocycles. The molecule has 3 rings (SSSR count). The predicted octanol–water partition coefficient (Wildman–Crippen LogP) is 1.90. The Morgan fingerprint density at radius 3 is 2.95 bits per heavy atom. The number of benzene rings is 1. The average molecular weight is 311 g/mol. The van der Waals surface area contributed by atoms with Crippen LogP contribution in [0.2, 0.25) is 0 Å². The van der Waals surface area contributed by atoms with Crippen molar-refractivity contribution in [2.24, 2.45) is 17.6 Å². The highest BCUT2D eigenvalue weighted by atomic mass is 35.5. The zero-order valence-electron chi connectivity index (χ0n) is 12.1. The van der Waals surface area contributed by atoms with Crippen LogP contribution in [-0.2, 0) is 11.2 Å². The minimum atomic E-state index is 0. The molecule has 0 radical (unpaired) electrons. The Morgan fingerprint density at radius 2 is 2.14 bits per heavy atom. The second kappa shape index (κ2) is 7.14. The standard InChI is InChI=1S/C16H22N2O2.ClH/c17-9-12-5-3-6-14(12)16(19)18-13-8-11-4-1-2-7-15(11)20-10-13;/h1-2,4,7,12-14H,3,5-6,8-10,17H2,(H,18,19);1H/t12-,13?,14-;/m1./s1. The molecule has 0 spiro atoms. The van der Waals surface area contributed by atoms with Gasteiger partial charge >= 0.3 is 0 Å². The molecule has 1 unspecified atom stereocenters. The van der Waals surface area contributed by atoms with Gasteiger partial charge in [0.05, 0.1) is 6.04 Å². The molecule has 21 heavy (non-hydrogen) atoms. The van der Waals surface area contributed by atoms with E-state index in [1.807, 2.05) is 18.2 Å². The molecule has 1 saturated carbocycles. The third-order valence-electron chi connectivity index (χ3n) is 4.52. The summed E-state index contributed by atoms with van der Waals surface area (Å²) in [6, 6.07) is 8.10. The number of nitrogens with two attached hydrogens (primary N) is 1. The van der Waals surface area contributed by atoms with Crippen LogP contribution in [0.3, 0.4) is 0 Å². The Labute approximate surface area is 131 Å². The number of hydrogen-bond donors (Lipinski definition) is 2. The molecule has 5 heteroatoms. The molecule has 4 nitrogen and oxygen atoms in total. The number of carbonyl (C=O) groups excluding carboxylic acids is 1. The number of hydrogen-bond acceptors (Lipinski definition) is 3. The van der Waals surface area contributed by atoms with Gasteiger partial charge in [0.15, 0.2) is 0 Å². The Hall–Kier alpha value is -1.26. The van der Waals surface area contributed by atoms with Gasteiger partial charge in [-0.25, -0.2) is 0 Å². The number of carbonyl (C=O) groups is 1. The van der Waals surface area contributed by atoms with E-state index in [-0.39, 0.29) is 30.3 Å². The van der Waals surface area contributed by atoms with Crippen LogP contribution in [0.4, 0.5) is 0 Å². The van der Waals surface area contributed by atoms with E-state index < -0.39 is 0 Å². The lowest BCUT2D eigenvalue weighted by molar-refractivity contribution is -0.127. The van der Waals surface area contributed by atoms with Crippen molar-refractivity contribution in [3.05, 3.63) is 29.8 Å². The second-order valence-corrected chi connectivity index (χ2v) is 5.86. The molecule has 3 N–H and O–H groups in total. The van der Waals surface area contributed by atoms with Crippen molar-refractivity contribution >= 4 is 18.3 Å². The smallest absolute Gasteiger partial charge is 0.223 e. The summed E-state index contributed by atoms with van der Waals surface area (Å²) in [5.41, 5.74) is 6.93. The van der Waals surface area contributed by atoms with E-state index in [1.165, 1.54) is 5.56 Å². The molecule has 1 fully saturated rings. The SMILES string of the molecule is Cl.NC[C@H]1CCC[C@H]1C(=O)NC1COc2ccccc2C1. The lowest BCUT2D eigenvalue weighted by Gasteiger charge is -2.28. The molecule has 1 heterocycles. The summed E-state index contributed by atoms with van der Waals surface area (Å²) in [5.74, 6) is 1.55. The van der Waals surface area contributed by atoms with Gasteiger partial charge in [-0.3, -0.25) is 4.79 Å². The number of amides is 1. The first-order chi connectivity index (χ1) is 9.78. The maximum atomic E-state index is 12.4. The molecule has 1 aliphatic heterocycles. The first-order valence-electron chi connectivity index (χ1n) is 7.49. The van der Waals surface area contributed by atoms with Crippen LogP contribution < -0.4 is 15.8 Å². The van der Waals surface area contributed by atoms with E-state index in [4.69, 9.17) is 10.5 Å². The molecular formula is C16H23ClN2O2. The number of fused-ring (bicyclic) bond motifs is 1. The lowest BCUT2D eigenvalue weighted by Crippen LogP contribution is -2.46. The van der Waals surface area contributed by atoms with Gasteiger partial charge in [0.1, 0.15) is 12.4 Å². The van der Waals surface area contributed by atoms with Gasteiger partial charge < -0.3 is 15.8 Å². The van der Waals surface area contributed by atoms with Crippen LogP contribution in [-0.4, -0.2) is 25.1 Å². The predicted molar refractivity (Wildman–Crippen MR) is 84.7 cm³/mol. The molecule has 1 aromatic carbocycles. The third kappa shape index (κ3) is 3.50. The number of para-hydroxylation sites is 1.